The zero-order valence-corrected chi connectivity index (χ0v) is 18.7. The van der Waals surface area contributed by atoms with Crippen molar-refractivity contribution in [1.82, 2.24) is 4.90 Å². The summed E-state index contributed by atoms with van der Waals surface area (Å²) >= 11 is 3.16. The number of phenolic OH excluding ortho intramolecular Hbond substituents is 1. The summed E-state index contributed by atoms with van der Waals surface area (Å²) in [4.78, 5) is 53.2. The van der Waals surface area contributed by atoms with Gasteiger partial charge in [-0.3, -0.25) is 24.1 Å². The lowest BCUT2D eigenvalue weighted by Crippen LogP contribution is -2.39. The number of hydrogen-bond donors (Lipinski definition) is 1. The number of likely N-dealkylation sites (tertiary alicyclic amines) is 1. The first kappa shape index (κ1) is 21.0. The summed E-state index contributed by atoms with van der Waals surface area (Å²) < 4.78 is 14.4. The van der Waals surface area contributed by atoms with Crippen LogP contribution in [-0.4, -0.2) is 39.9 Å². The van der Waals surface area contributed by atoms with Crippen LogP contribution in [0.2, 0.25) is 0 Å². The molecule has 0 unspecified atom stereocenters. The molecule has 1 aliphatic heterocycles. The summed E-state index contributed by atoms with van der Waals surface area (Å²) in [6.07, 6.45) is 3.61. The fourth-order valence-electron chi connectivity index (χ4n) is 5.67. The quantitative estimate of drug-likeness (QED) is 0.382. The maximum Gasteiger partial charge on any atom is 0.233 e. The zero-order valence-electron chi connectivity index (χ0n) is 17.1. The Labute approximate surface area is 191 Å². The number of halogens is 2. The summed E-state index contributed by atoms with van der Waals surface area (Å²) in [6, 6.07) is 3.89. The Kier molecular flexibility index (Phi) is 4.81. The van der Waals surface area contributed by atoms with E-state index in [4.69, 9.17) is 0 Å². The minimum Gasteiger partial charge on any atom is -0.505 e. The molecule has 1 fully saturated rings. The topological polar surface area (TPSA) is 91.8 Å². The molecule has 1 aromatic rings. The minimum atomic E-state index is -0.836. The van der Waals surface area contributed by atoms with Crippen molar-refractivity contribution in [3.63, 3.8) is 0 Å². The number of fused-ring (bicyclic) bond motifs is 3. The number of Topliss-reactive ketones (excluding diaryl/α,β-unsaturated/α-hetero) is 1. The Morgan fingerprint density at radius 2 is 1.91 bits per heavy atom. The first-order chi connectivity index (χ1) is 15.2. The van der Waals surface area contributed by atoms with Crippen LogP contribution in [0.1, 0.15) is 31.2 Å². The van der Waals surface area contributed by atoms with Gasteiger partial charge in [-0.25, -0.2) is 4.39 Å². The molecule has 0 spiro atoms. The SMILES string of the molecule is CCN1C(=O)[C@H]2[C@H](CC=C3[C@H](c4ccc(O)c(F)c4)C4=C(C[C@H]32)C(=O)C(Br)=CC4=O)C1=O. The number of nitrogens with zero attached hydrogens (tertiary/aromatic N) is 1. The largest absolute Gasteiger partial charge is 0.505 e. The number of carbonyl (C=O) groups excluding carboxylic acids is 4. The summed E-state index contributed by atoms with van der Waals surface area (Å²) in [5.74, 6) is -4.81. The molecule has 8 heteroatoms. The molecule has 1 aromatic carbocycles. The number of allylic oxidation sites excluding steroid dienone is 6. The van der Waals surface area contributed by atoms with Crippen LogP contribution in [0.4, 0.5) is 4.39 Å². The van der Waals surface area contributed by atoms with Gasteiger partial charge in [-0.2, -0.15) is 0 Å². The van der Waals surface area contributed by atoms with E-state index in [1.807, 2.05) is 6.08 Å². The van der Waals surface area contributed by atoms with Crippen LogP contribution < -0.4 is 0 Å². The third kappa shape index (κ3) is 2.81. The van der Waals surface area contributed by atoms with Crippen molar-refractivity contribution in [3.05, 3.63) is 62.9 Å². The van der Waals surface area contributed by atoms with E-state index in [0.717, 1.165) is 11.6 Å². The van der Waals surface area contributed by atoms with Crippen molar-refractivity contribution in [2.75, 3.05) is 6.54 Å². The van der Waals surface area contributed by atoms with Crippen LogP contribution in [0.15, 0.2) is 51.6 Å². The fraction of sp³-hybridized carbons (Fsp3) is 0.333. The molecule has 1 N–H and O–H groups in total. The number of ketones is 2. The minimum absolute atomic E-state index is 0.140. The second-order valence-electron chi connectivity index (χ2n) is 8.53. The lowest BCUT2D eigenvalue weighted by Gasteiger charge is -2.42. The predicted molar refractivity (Wildman–Crippen MR) is 115 cm³/mol. The van der Waals surface area contributed by atoms with Gasteiger partial charge < -0.3 is 5.11 Å². The Balaban J connectivity index is 1.71. The van der Waals surface area contributed by atoms with E-state index in [1.54, 1.807) is 6.92 Å². The molecule has 0 saturated carbocycles. The molecular weight excluding hydrogens is 481 g/mol. The Morgan fingerprint density at radius 1 is 1.16 bits per heavy atom. The van der Waals surface area contributed by atoms with Crippen molar-refractivity contribution in [3.8, 4) is 5.75 Å². The number of rotatable bonds is 2. The van der Waals surface area contributed by atoms with E-state index in [2.05, 4.69) is 15.9 Å². The molecule has 3 aliphatic carbocycles. The monoisotopic (exact) mass is 499 g/mol. The summed E-state index contributed by atoms with van der Waals surface area (Å²) in [6.45, 7) is 2.02. The standard InChI is InChI=1S/C24H19BrFNO5/c1-2-27-23(31)12-5-4-11-13(20(12)24(27)32)8-14-21(18(29)9-15(25)22(14)30)19(11)10-3-6-17(28)16(26)7-10/h3-4,6-7,9,12-13,19-20,28H,2,5,8H2,1H3/t12-,13+,19-,20-/m0/s1. The molecule has 6 nitrogen and oxygen atoms in total. The summed E-state index contributed by atoms with van der Waals surface area (Å²) in [5.41, 5.74) is 1.73. The Morgan fingerprint density at radius 3 is 2.59 bits per heavy atom. The fourth-order valence-corrected chi connectivity index (χ4v) is 6.11. The van der Waals surface area contributed by atoms with E-state index in [-0.39, 0.29) is 46.4 Å². The number of phenols is 1. The molecule has 4 atom stereocenters. The molecule has 5 rings (SSSR count). The summed E-state index contributed by atoms with van der Waals surface area (Å²) in [7, 11) is 0. The number of amides is 2. The highest BCUT2D eigenvalue weighted by Crippen LogP contribution is 2.55. The van der Waals surface area contributed by atoms with Gasteiger partial charge in [0, 0.05) is 29.7 Å². The second kappa shape index (κ2) is 7.33. The van der Waals surface area contributed by atoms with Gasteiger partial charge in [0.05, 0.1) is 16.3 Å². The van der Waals surface area contributed by atoms with Crippen LogP contribution in [0.25, 0.3) is 0 Å². The molecule has 1 saturated heterocycles. The van der Waals surface area contributed by atoms with Gasteiger partial charge in [-0.1, -0.05) is 17.7 Å². The van der Waals surface area contributed by atoms with Crippen LogP contribution >= 0.6 is 15.9 Å². The molecule has 0 aromatic heterocycles. The third-order valence-corrected chi connectivity index (χ3v) is 7.63. The van der Waals surface area contributed by atoms with Gasteiger partial charge in [-0.15, -0.1) is 0 Å². The maximum absolute atomic E-state index is 14.3. The first-order valence-electron chi connectivity index (χ1n) is 10.5. The Hall–Kier alpha value is -2.87. The lowest BCUT2D eigenvalue weighted by atomic mass is 9.59. The van der Waals surface area contributed by atoms with Gasteiger partial charge in [-0.05, 0) is 59.3 Å². The van der Waals surface area contributed by atoms with Crippen molar-refractivity contribution in [2.45, 2.75) is 25.7 Å². The van der Waals surface area contributed by atoms with Crippen LogP contribution in [0.3, 0.4) is 0 Å². The van der Waals surface area contributed by atoms with E-state index in [0.29, 0.717) is 17.6 Å². The van der Waals surface area contributed by atoms with Crippen molar-refractivity contribution >= 4 is 39.3 Å². The highest BCUT2D eigenvalue weighted by atomic mass is 79.9. The van der Waals surface area contributed by atoms with Gasteiger partial charge >= 0.3 is 0 Å². The van der Waals surface area contributed by atoms with Crippen molar-refractivity contribution < 1.29 is 28.7 Å². The lowest BCUT2D eigenvalue weighted by molar-refractivity contribution is -0.139. The second-order valence-corrected chi connectivity index (χ2v) is 9.38. The number of benzene rings is 1. The number of aromatic hydroxyl groups is 1. The normalized spacial score (nSPS) is 29.5. The van der Waals surface area contributed by atoms with Gasteiger partial charge in [0.2, 0.25) is 11.8 Å². The number of hydrogen-bond acceptors (Lipinski definition) is 5. The highest BCUT2D eigenvalue weighted by molar-refractivity contribution is 9.12. The van der Waals surface area contributed by atoms with E-state index in [9.17, 15) is 28.7 Å². The van der Waals surface area contributed by atoms with E-state index in [1.165, 1.54) is 23.1 Å². The smallest absolute Gasteiger partial charge is 0.233 e. The number of carbonyl (C=O) groups is 4. The molecule has 1 heterocycles. The molecule has 0 bridgehead atoms. The molecule has 164 valence electrons. The molecule has 32 heavy (non-hydrogen) atoms. The third-order valence-electron chi connectivity index (χ3n) is 7.04. The van der Waals surface area contributed by atoms with Gasteiger partial charge in [0.15, 0.2) is 23.1 Å². The first-order valence-corrected chi connectivity index (χ1v) is 11.3. The van der Waals surface area contributed by atoms with E-state index >= 15 is 0 Å². The molecule has 4 aliphatic rings. The zero-order chi connectivity index (χ0) is 22.9. The van der Waals surface area contributed by atoms with Gasteiger partial charge in [0.1, 0.15) is 0 Å². The Bertz CT molecular complexity index is 1210. The average Bonchev–Trinajstić information content (AvgIpc) is 3.02. The number of imide groups is 1. The average molecular weight is 500 g/mol. The van der Waals surface area contributed by atoms with Crippen LogP contribution in [-0.2, 0) is 19.2 Å². The van der Waals surface area contributed by atoms with Gasteiger partial charge in [0.25, 0.3) is 0 Å². The van der Waals surface area contributed by atoms with Crippen molar-refractivity contribution in [2.24, 2.45) is 17.8 Å². The van der Waals surface area contributed by atoms with Crippen LogP contribution in [0.5, 0.6) is 5.75 Å². The van der Waals surface area contributed by atoms with Crippen molar-refractivity contribution in [1.29, 1.82) is 0 Å². The molecular formula is C24H19BrFNO5. The highest BCUT2D eigenvalue weighted by Gasteiger charge is 2.55. The molecule has 0 radical (unpaired) electrons. The predicted octanol–water partition coefficient (Wildman–Crippen LogP) is 3.31. The maximum atomic E-state index is 14.3. The van der Waals surface area contributed by atoms with E-state index < -0.39 is 35.2 Å². The van der Waals surface area contributed by atoms with Crippen LogP contribution in [0, 0.1) is 23.6 Å². The molecule has 2 amide bonds. The summed E-state index contributed by atoms with van der Waals surface area (Å²) in [5, 5.41) is 9.65.